The molecule has 0 radical (unpaired) electrons. The summed E-state index contributed by atoms with van der Waals surface area (Å²) in [7, 11) is 0. The summed E-state index contributed by atoms with van der Waals surface area (Å²) in [6, 6.07) is 2.60. The molecule has 0 atom stereocenters. The van der Waals surface area contributed by atoms with Gasteiger partial charge in [-0.3, -0.25) is 4.90 Å². The quantitative estimate of drug-likeness (QED) is 0.772. The molecule has 1 aromatic heterocycles. The Morgan fingerprint density at radius 2 is 2.17 bits per heavy atom. The predicted octanol–water partition coefficient (Wildman–Crippen LogP) is 2.59. The van der Waals surface area contributed by atoms with Crippen LogP contribution in [0, 0.1) is 0 Å². The van der Waals surface area contributed by atoms with E-state index in [9.17, 15) is 0 Å². The Morgan fingerprint density at radius 3 is 2.78 bits per heavy atom. The highest BCUT2D eigenvalue weighted by molar-refractivity contribution is 6.29. The second-order valence-electron chi connectivity index (χ2n) is 4.63. The summed E-state index contributed by atoms with van der Waals surface area (Å²) in [6.07, 6.45) is 3.51. The molecular weight excluding hydrogens is 248 g/mol. The van der Waals surface area contributed by atoms with E-state index in [2.05, 4.69) is 27.1 Å². The number of hydrogen-bond acceptors (Lipinski definition) is 4. The van der Waals surface area contributed by atoms with E-state index in [1.54, 1.807) is 6.07 Å². The molecule has 0 unspecified atom stereocenters. The van der Waals surface area contributed by atoms with Crippen molar-refractivity contribution in [3.05, 3.63) is 17.0 Å². The summed E-state index contributed by atoms with van der Waals surface area (Å²) in [5.41, 5.74) is 0. The molecule has 0 aliphatic heterocycles. The van der Waals surface area contributed by atoms with Gasteiger partial charge in [-0.25, -0.2) is 9.97 Å². The first-order valence-corrected chi connectivity index (χ1v) is 7.12. The fraction of sp³-hybridized carbons (Fsp3) is 0.692. The number of aromatic nitrogens is 2. The molecule has 1 aliphatic carbocycles. The summed E-state index contributed by atoms with van der Waals surface area (Å²) in [6.45, 7) is 7.33. The van der Waals surface area contributed by atoms with Crippen molar-refractivity contribution in [3.8, 4) is 0 Å². The number of aryl methyl sites for hydroxylation is 1. The maximum atomic E-state index is 5.96. The summed E-state index contributed by atoms with van der Waals surface area (Å²) < 4.78 is 0. The molecule has 1 saturated carbocycles. The third kappa shape index (κ3) is 3.82. The Bertz CT molecular complexity index is 393. The number of anilines is 1. The molecule has 0 spiro atoms. The van der Waals surface area contributed by atoms with Gasteiger partial charge in [-0.2, -0.15) is 0 Å². The van der Waals surface area contributed by atoms with E-state index in [0.29, 0.717) is 5.15 Å². The van der Waals surface area contributed by atoms with Gasteiger partial charge in [-0.15, -0.1) is 0 Å². The Hall–Kier alpha value is -0.870. The number of nitrogens with zero attached hydrogens (tertiary/aromatic N) is 3. The lowest BCUT2D eigenvalue weighted by atomic mass is 10.4. The van der Waals surface area contributed by atoms with Crippen LogP contribution in [0.4, 0.5) is 5.82 Å². The minimum absolute atomic E-state index is 0.513. The van der Waals surface area contributed by atoms with Crippen LogP contribution >= 0.6 is 11.6 Å². The molecule has 1 fully saturated rings. The lowest BCUT2D eigenvalue weighted by molar-refractivity contribution is 0.289. The smallest absolute Gasteiger partial charge is 0.134 e. The fourth-order valence-corrected chi connectivity index (χ4v) is 2.28. The lowest BCUT2D eigenvalue weighted by Crippen LogP contribution is -2.31. The van der Waals surface area contributed by atoms with Gasteiger partial charge in [-0.1, -0.05) is 25.4 Å². The molecule has 0 aromatic carbocycles. The summed E-state index contributed by atoms with van der Waals surface area (Å²) in [5, 5.41) is 3.84. The molecule has 0 saturated heterocycles. The van der Waals surface area contributed by atoms with Gasteiger partial charge >= 0.3 is 0 Å². The highest BCUT2D eigenvalue weighted by Crippen LogP contribution is 2.26. The van der Waals surface area contributed by atoms with Crippen molar-refractivity contribution in [2.24, 2.45) is 0 Å². The number of halogens is 1. The Balaban J connectivity index is 1.83. The van der Waals surface area contributed by atoms with Crippen LogP contribution in [0.1, 0.15) is 32.5 Å². The van der Waals surface area contributed by atoms with Gasteiger partial charge in [0.25, 0.3) is 0 Å². The largest absolute Gasteiger partial charge is 0.369 e. The SMILES string of the molecule is CCc1nc(Cl)cc(NCCN(CC)C2CC2)n1. The van der Waals surface area contributed by atoms with Crippen LogP contribution < -0.4 is 5.32 Å². The van der Waals surface area contributed by atoms with Gasteiger partial charge in [0.05, 0.1) is 0 Å². The van der Waals surface area contributed by atoms with Gasteiger partial charge in [0.2, 0.25) is 0 Å². The molecule has 1 N–H and O–H groups in total. The number of nitrogens with one attached hydrogen (secondary N) is 1. The summed E-state index contributed by atoms with van der Waals surface area (Å²) >= 11 is 5.96. The predicted molar refractivity (Wildman–Crippen MR) is 75.2 cm³/mol. The zero-order valence-corrected chi connectivity index (χ0v) is 11.9. The van der Waals surface area contributed by atoms with Gasteiger partial charge in [0.1, 0.15) is 16.8 Å². The van der Waals surface area contributed by atoms with Crippen LogP contribution in [0.15, 0.2) is 6.07 Å². The van der Waals surface area contributed by atoms with Crippen LogP contribution in [0.3, 0.4) is 0 Å². The van der Waals surface area contributed by atoms with E-state index in [1.165, 1.54) is 12.8 Å². The Morgan fingerprint density at radius 1 is 1.39 bits per heavy atom. The van der Waals surface area contributed by atoms with Crippen LogP contribution in [0.5, 0.6) is 0 Å². The van der Waals surface area contributed by atoms with Gasteiger partial charge in [0, 0.05) is 31.6 Å². The van der Waals surface area contributed by atoms with Crippen molar-refractivity contribution in [2.75, 3.05) is 25.0 Å². The fourth-order valence-electron chi connectivity index (χ4n) is 2.08. The highest BCUT2D eigenvalue weighted by Gasteiger charge is 2.27. The molecule has 100 valence electrons. The van der Waals surface area contributed by atoms with Crippen molar-refractivity contribution in [2.45, 2.75) is 39.2 Å². The molecule has 0 amide bonds. The van der Waals surface area contributed by atoms with E-state index in [1.807, 2.05) is 6.92 Å². The molecule has 2 rings (SSSR count). The summed E-state index contributed by atoms with van der Waals surface area (Å²) in [5.74, 6) is 1.62. The Kier molecular flexibility index (Phi) is 4.78. The molecule has 1 aliphatic rings. The molecule has 1 heterocycles. The van der Waals surface area contributed by atoms with Gasteiger partial charge in [-0.05, 0) is 19.4 Å². The van der Waals surface area contributed by atoms with Crippen molar-refractivity contribution in [1.29, 1.82) is 0 Å². The second-order valence-corrected chi connectivity index (χ2v) is 5.02. The number of rotatable bonds is 7. The van der Waals surface area contributed by atoms with E-state index in [-0.39, 0.29) is 0 Å². The second kappa shape index (κ2) is 6.34. The molecule has 5 heteroatoms. The third-order valence-corrected chi connectivity index (χ3v) is 3.43. The molecule has 18 heavy (non-hydrogen) atoms. The van der Waals surface area contributed by atoms with E-state index in [0.717, 1.165) is 43.7 Å². The molecular formula is C13H21ClN4. The van der Waals surface area contributed by atoms with Crippen LogP contribution in [0.25, 0.3) is 0 Å². The number of hydrogen-bond donors (Lipinski definition) is 1. The highest BCUT2D eigenvalue weighted by atomic mass is 35.5. The maximum absolute atomic E-state index is 5.96. The van der Waals surface area contributed by atoms with Crippen molar-refractivity contribution in [1.82, 2.24) is 14.9 Å². The van der Waals surface area contributed by atoms with Crippen molar-refractivity contribution in [3.63, 3.8) is 0 Å². The number of likely N-dealkylation sites (N-methyl/N-ethyl adjacent to an activating group) is 1. The van der Waals surface area contributed by atoms with Crippen LogP contribution in [-0.4, -0.2) is 40.5 Å². The summed E-state index contributed by atoms with van der Waals surface area (Å²) in [4.78, 5) is 11.1. The van der Waals surface area contributed by atoms with E-state index < -0.39 is 0 Å². The Labute approximate surface area is 114 Å². The lowest BCUT2D eigenvalue weighted by Gasteiger charge is -2.20. The average Bonchev–Trinajstić information content (AvgIpc) is 3.18. The van der Waals surface area contributed by atoms with Crippen molar-refractivity contribution < 1.29 is 0 Å². The minimum Gasteiger partial charge on any atom is -0.369 e. The molecule has 1 aromatic rings. The first kappa shape index (κ1) is 13.6. The first-order chi connectivity index (χ1) is 8.72. The zero-order chi connectivity index (χ0) is 13.0. The standard InChI is InChI=1S/C13H21ClN4/c1-3-12-16-11(14)9-13(17-12)15-7-8-18(4-2)10-5-6-10/h9-10H,3-8H2,1-2H3,(H,15,16,17). The molecule has 0 bridgehead atoms. The zero-order valence-electron chi connectivity index (χ0n) is 11.1. The van der Waals surface area contributed by atoms with Crippen LogP contribution in [0.2, 0.25) is 5.15 Å². The van der Waals surface area contributed by atoms with E-state index >= 15 is 0 Å². The molecule has 4 nitrogen and oxygen atoms in total. The minimum atomic E-state index is 0.513. The van der Waals surface area contributed by atoms with Gasteiger partial charge in [0.15, 0.2) is 0 Å². The van der Waals surface area contributed by atoms with E-state index in [4.69, 9.17) is 11.6 Å². The third-order valence-electron chi connectivity index (χ3n) is 3.23. The monoisotopic (exact) mass is 268 g/mol. The van der Waals surface area contributed by atoms with Crippen LogP contribution in [-0.2, 0) is 6.42 Å². The topological polar surface area (TPSA) is 41.1 Å². The first-order valence-electron chi connectivity index (χ1n) is 6.74. The van der Waals surface area contributed by atoms with Gasteiger partial charge < -0.3 is 5.32 Å². The average molecular weight is 269 g/mol. The normalized spacial score (nSPS) is 15.1. The maximum Gasteiger partial charge on any atom is 0.134 e. The van der Waals surface area contributed by atoms with Crippen molar-refractivity contribution >= 4 is 17.4 Å².